The van der Waals surface area contributed by atoms with Gasteiger partial charge in [0.2, 0.25) is 0 Å². The van der Waals surface area contributed by atoms with Gasteiger partial charge in [-0.2, -0.15) is 5.26 Å². The third-order valence-corrected chi connectivity index (χ3v) is 2.62. The van der Waals surface area contributed by atoms with Crippen molar-refractivity contribution in [2.75, 3.05) is 17.2 Å². The molecule has 0 radical (unpaired) electrons. The van der Waals surface area contributed by atoms with E-state index in [1.807, 2.05) is 24.3 Å². The number of aromatic nitrogens is 3. The first-order valence-corrected chi connectivity index (χ1v) is 5.88. The second kappa shape index (κ2) is 5.24. The summed E-state index contributed by atoms with van der Waals surface area (Å²) in [6.45, 7) is 0.195. The molecule has 2 N–H and O–H groups in total. The average molecular weight is 266 g/mol. The van der Waals surface area contributed by atoms with Gasteiger partial charge in [0.15, 0.2) is 12.0 Å². The SMILES string of the molecule is N#CCNc1cc(Nc2ccc3ncoc3c2)ncn1. The van der Waals surface area contributed by atoms with Crippen molar-refractivity contribution in [1.82, 2.24) is 15.0 Å². The average Bonchev–Trinajstić information content (AvgIpc) is 2.93. The van der Waals surface area contributed by atoms with Crippen LogP contribution >= 0.6 is 0 Å². The molecule has 0 amide bonds. The first-order valence-electron chi connectivity index (χ1n) is 5.88. The molecule has 98 valence electrons. The Bertz CT molecular complexity index is 776. The fourth-order valence-electron chi connectivity index (χ4n) is 1.73. The highest BCUT2D eigenvalue weighted by Crippen LogP contribution is 2.21. The summed E-state index contributed by atoms with van der Waals surface area (Å²) in [5.41, 5.74) is 2.33. The van der Waals surface area contributed by atoms with Gasteiger partial charge >= 0.3 is 0 Å². The Hall–Kier alpha value is -3.14. The molecule has 0 unspecified atom stereocenters. The van der Waals surface area contributed by atoms with E-state index in [1.165, 1.54) is 12.7 Å². The highest BCUT2D eigenvalue weighted by Gasteiger charge is 2.02. The summed E-state index contributed by atoms with van der Waals surface area (Å²) < 4.78 is 5.24. The zero-order valence-electron chi connectivity index (χ0n) is 10.4. The lowest BCUT2D eigenvalue weighted by Crippen LogP contribution is -2.02. The minimum absolute atomic E-state index is 0.195. The highest BCUT2D eigenvalue weighted by atomic mass is 16.3. The van der Waals surface area contributed by atoms with Crippen molar-refractivity contribution in [3.63, 3.8) is 0 Å². The summed E-state index contributed by atoms with van der Waals surface area (Å²) >= 11 is 0. The zero-order valence-corrected chi connectivity index (χ0v) is 10.4. The van der Waals surface area contributed by atoms with Gasteiger partial charge in [0.1, 0.15) is 30.0 Å². The van der Waals surface area contributed by atoms with Crippen LogP contribution in [-0.4, -0.2) is 21.5 Å². The lowest BCUT2D eigenvalue weighted by atomic mass is 10.3. The molecule has 0 aliphatic rings. The van der Waals surface area contributed by atoms with Crippen LogP contribution in [0.15, 0.2) is 41.4 Å². The van der Waals surface area contributed by atoms with E-state index in [2.05, 4.69) is 25.6 Å². The second-order valence-electron chi connectivity index (χ2n) is 3.96. The molecule has 2 heterocycles. The monoisotopic (exact) mass is 266 g/mol. The van der Waals surface area contributed by atoms with Gasteiger partial charge in [0.05, 0.1) is 6.07 Å². The Morgan fingerprint density at radius 1 is 1.15 bits per heavy atom. The number of oxazole rings is 1. The topological polar surface area (TPSA) is 99.7 Å². The van der Waals surface area contributed by atoms with Crippen LogP contribution in [0, 0.1) is 11.3 Å². The fourth-order valence-corrected chi connectivity index (χ4v) is 1.73. The summed E-state index contributed by atoms with van der Waals surface area (Å²) in [5.74, 6) is 1.21. The minimum Gasteiger partial charge on any atom is -0.443 e. The van der Waals surface area contributed by atoms with E-state index in [0.717, 1.165) is 11.2 Å². The van der Waals surface area contributed by atoms with Crippen LogP contribution in [0.1, 0.15) is 0 Å². The van der Waals surface area contributed by atoms with Gasteiger partial charge in [-0.25, -0.2) is 15.0 Å². The van der Waals surface area contributed by atoms with Crippen molar-refractivity contribution < 1.29 is 4.42 Å². The molecular weight excluding hydrogens is 256 g/mol. The number of nitriles is 1. The van der Waals surface area contributed by atoms with Crippen molar-refractivity contribution in [3.8, 4) is 6.07 Å². The molecule has 0 aliphatic carbocycles. The standard InChI is InChI=1S/C13H10N6O/c14-3-4-15-12-6-13(17-7-16-12)19-9-1-2-10-11(5-9)20-8-18-10/h1-2,5-8H,4H2,(H2,15,16,17,19). The first-order chi connectivity index (χ1) is 9.85. The molecule has 7 heteroatoms. The molecule has 0 atom stereocenters. The summed E-state index contributed by atoms with van der Waals surface area (Å²) in [5, 5.41) is 14.5. The van der Waals surface area contributed by atoms with E-state index in [9.17, 15) is 0 Å². The Kier molecular flexibility index (Phi) is 3.12. The predicted octanol–water partition coefficient (Wildman–Crippen LogP) is 2.30. The summed E-state index contributed by atoms with van der Waals surface area (Å²) in [4.78, 5) is 12.2. The molecule has 20 heavy (non-hydrogen) atoms. The molecule has 3 rings (SSSR count). The molecule has 0 fully saturated rings. The van der Waals surface area contributed by atoms with Gasteiger partial charge in [-0.05, 0) is 12.1 Å². The van der Waals surface area contributed by atoms with Crippen molar-refractivity contribution in [3.05, 3.63) is 37.0 Å². The molecule has 1 aromatic carbocycles. The quantitative estimate of drug-likeness (QED) is 0.699. The van der Waals surface area contributed by atoms with E-state index in [4.69, 9.17) is 9.68 Å². The van der Waals surface area contributed by atoms with Crippen LogP contribution in [0.5, 0.6) is 0 Å². The molecule has 0 bridgehead atoms. The molecule has 0 aliphatic heterocycles. The van der Waals surface area contributed by atoms with Gasteiger partial charge in [0, 0.05) is 17.8 Å². The summed E-state index contributed by atoms with van der Waals surface area (Å²) in [6, 6.07) is 9.30. The van der Waals surface area contributed by atoms with Gasteiger partial charge in [-0.3, -0.25) is 0 Å². The van der Waals surface area contributed by atoms with Crippen LogP contribution in [0.4, 0.5) is 17.3 Å². The van der Waals surface area contributed by atoms with Crippen molar-refractivity contribution in [2.24, 2.45) is 0 Å². The molecule has 0 saturated heterocycles. The summed E-state index contributed by atoms with van der Waals surface area (Å²) in [6.07, 6.45) is 2.83. The largest absolute Gasteiger partial charge is 0.443 e. The number of nitrogens with one attached hydrogen (secondary N) is 2. The predicted molar refractivity (Wildman–Crippen MR) is 73.4 cm³/mol. The number of nitrogens with zero attached hydrogens (tertiary/aromatic N) is 4. The third kappa shape index (κ3) is 2.49. The van der Waals surface area contributed by atoms with Gasteiger partial charge in [-0.15, -0.1) is 0 Å². The number of benzene rings is 1. The molecule has 0 saturated carbocycles. The van der Waals surface area contributed by atoms with E-state index in [-0.39, 0.29) is 6.54 Å². The van der Waals surface area contributed by atoms with Crippen LogP contribution in [0.25, 0.3) is 11.1 Å². The Morgan fingerprint density at radius 2 is 2.05 bits per heavy atom. The van der Waals surface area contributed by atoms with Crippen molar-refractivity contribution in [1.29, 1.82) is 5.26 Å². The zero-order chi connectivity index (χ0) is 13.8. The summed E-state index contributed by atoms with van der Waals surface area (Å²) in [7, 11) is 0. The van der Waals surface area contributed by atoms with Gasteiger partial charge in [-0.1, -0.05) is 0 Å². The van der Waals surface area contributed by atoms with Crippen LogP contribution in [-0.2, 0) is 0 Å². The van der Waals surface area contributed by atoms with Gasteiger partial charge in [0.25, 0.3) is 0 Å². The van der Waals surface area contributed by atoms with E-state index >= 15 is 0 Å². The molecule has 7 nitrogen and oxygen atoms in total. The van der Waals surface area contributed by atoms with Crippen LogP contribution in [0.2, 0.25) is 0 Å². The first kappa shape index (κ1) is 11.9. The van der Waals surface area contributed by atoms with Crippen molar-refractivity contribution >= 4 is 28.4 Å². The maximum Gasteiger partial charge on any atom is 0.181 e. The second-order valence-corrected chi connectivity index (χ2v) is 3.96. The highest BCUT2D eigenvalue weighted by molar-refractivity contribution is 5.78. The normalized spacial score (nSPS) is 10.2. The van der Waals surface area contributed by atoms with E-state index in [1.54, 1.807) is 6.07 Å². The van der Waals surface area contributed by atoms with Crippen LogP contribution in [0.3, 0.4) is 0 Å². The molecule has 0 spiro atoms. The Labute approximate surface area is 114 Å². The lowest BCUT2D eigenvalue weighted by molar-refractivity contribution is 0.602. The molecule has 3 aromatic rings. The van der Waals surface area contributed by atoms with E-state index in [0.29, 0.717) is 17.2 Å². The lowest BCUT2D eigenvalue weighted by Gasteiger charge is -2.06. The van der Waals surface area contributed by atoms with Gasteiger partial charge < -0.3 is 15.1 Å². The minimum atomic E-state index is 0.195. The molecule has 2 aromatic heterocycles. The number of hydrogen-bond acceptors (Lipinski definition) is 7. The smallest absolute Gasteiger partial charge is 0.181 e. The number of anilines is 3. The van der Waals surface area contributed by atoms with E-state index < -0.39 is 0 Å². The number of hydrogen-bond donors (Lipinski definition) is 2. The number of rotatable bonds is 4. The Balaban J connectivity index is 1.81. The van der Waals surface area contributed by atoms with Crippen LogP contribution < -0.4 is 10.6 Å². The van der Waals surface area contributed by atoms with Crippen molar-refractivity contribution in [2.45, 2.75) is 0 Å². The maximum absolute atomic E-state index is 8.52. The number of fused-ring (bicyclic) bond motifs is 1. The molecular formula is C13H10N6O. The Morgan fingerprint density at radius 3 is 2.95 bits per heavy atom. The fraction of sp³-hybridized carbons (Fsp3) is 0.0769. The maximum atomic E-state index is 8.52. The third-order valence-electron chi connectivity index (χ3n) is 2.62.